The van der Waals surface area contributed by atoms with Crippen molar-refractivity contribution in [2.24, 2.45) is 0 Å². The molecule has 1 aromatic heterocycles. The zero-order chi connectivity index (χ0) is 14.9. The van der Waals surface area contributed by atoms with Crippen molar-refractivity contribution in [1.29, 1.82) is 0 Å². The molecule has 1 heterocycles. The third-order valence-corrected chi connectivity index (χ3v) is 4.48. The number of nitrogens with one attached hydrogen (secondary N) is 1. The van der Waals surface area contributed by atoms with Gasteiger partial charge in [-0.05, 0) is 38.8 Å². The molecule has 3 heteroatoms. The first-order valence-corrected chi connectivity index (χ1v) is 7.78. The molecule has 1 N–H and O–H groups in total. The molecule has 0 unspecified atom stereocenters. The van der Waals surface area contributed by atoms with Crippen LogP contribution in [0.25, 0.3) is 0 Å². The predicted octanol–water partition coefficient (Wildman–Crippen LogP) is 3.28. The highest BCUT2D eigenvalue weighted by molar-refractivity contribution is 5.40. The van der Waals surface area contributed by atoms with Gasteiger partial charge in [-0.1, -0.05) is 37.3 Å². The molecular formula is C18H23N3. The SMILES string of the molecule is CCNCc1c(C)nc(C2(c3ccccc3)CC2)nc1C. The molecule has 1 aliphatic carbocycles. The average Bonchev–Trinajstić information content (AvgIpc) is 3.29. The largest absolute Gasteiger partial charge is 0.313 e. The second kappa shape index (κ2) is 5.57. The first-order chi connectivity index (χ1) is 10.2. The monoisotopic (exact) mass is 281 g/mol. The van der Waals surface area contributed by atoms with Gasteiger partial charge < -0.3 is 5.32 Å². The summed E-state index contributed by atoms with van der Waals surface area (Å²) in [7, 11) is 0. The second-order valence-electron chi connectivity index (χ2n) is 5.93. The Morgan fingerprint density at radius 1 is 1.05 bits per heavy atom. The van der Waals surface area contributed by atoms with Gasteiger partial charge in [0.1, 0.15) is 5.82 Å². The zero-order valence-electron chi connectivity index (χ0n) is 13.1. The summed E-state index contributed by atoms with van der Waals surface area (Å²) in [4.78, 5) is 9.69. The molecule has 21 heavy (non-hydrogen) atoms. The van der Waals surface area contributed by atoms with Crippen molar-refractivity contribution in [3.63, 3.8) is 0 Å². The van der Waals surface area contributed by atoms with Crippen LogP contribution in [-0.2, 0) is 12.0 Å². The molecule has 0 saturated heterocycles. The summed E-state index contributed by atoms with van der Waals surface area (Å²) in [5.74, 6) is 1.00. The summed E-state index contributed by atoms with van der Waals surface area (Å²) in [5, 5.41) is 3.37. The van der Waals surface area contributed by atoms with Gasteiger partial charge in [-0.15, -0.1) is 0 Å². The molecule has 0 bridgehead atoms. The molecule has 0 atom stereocenters. The maximum absolute atomic E-state index is 4.85. The molecule has 3 nitrogen and oxygen atoms in total. The number of rotatable bonds is 5. The Morgan fingerprint density at radius 2 is 1.67 bits per heavy atom. The summed E-state index contributed by atoms with van der Waals surface area (Å²) in [6.07, 6.45) is 2.31. The Bertz CT molecular complexity index is 607. The standard InChI is InChI=1S/C18H23N3/c1-4-19-12-16-13(2)20-17(21-14(16)3)18(10-11-18)15-8-6-5-7-9-15/h5-9,19H,4,10-12H2,1-3H3. The minimum absolute atomic E-state index is 0.0630. The Morgan fingerprint density at radius 3 is 2.19 bits per heavy atom. The van der Waals surface area contributed by atoms with E-state index >= 15 is 0 Å². The van der Waals surface area contributed by atoms with Crippen LogP contribution in [0.15, 0.2) is 30.3 Å². The Hall–Kier alpha value is -1.74. The minimum atomic E-state index is 0.0630. The Balaban J connectivity index is 1.97. The lowest BCUT2D eigenvalue weighted by Gasteiger charge is -2.18. The Kier molecular flexibility index (Phi) is 3.77. The first-order valence-electron chi connectivity index (χ1n) is 7.78. The summed E-state index contributed by atoms with van der Waals surface area (Å²) in [5.41, 5.74) is 4.88. The highest BCUT2D eigenvalue weighted by atomic mass is 15.0. The smallest absolute Gasteiger partial charge is 0.139 e. The summed E-state index contributed by atoms with van der Waals surface area (Å²) >= 11 is 0. The van der Waals surface area contributed by atoms with Gasteiger partial charge in [0, 0.05) is 23.5 Å². The number of hydrogen-bond acceptors (Lipinski definition) is 3. The van der Waals surface area contributed by atoms with E-state index in [0.29, 0.717) is 0 Å². The number of aromatic nitrogens is 2. The van der Waals surface area contributed by atoms with Crippen LogP contribution in [0, 0.1) is 13.8 Å². The molecule has 1 saturated carbocycles. The second-order valence-corrected chi connectivity index (χ2v) is 5.93. The number of benzene rings is 1. The summed E-state index contributed by atoms with van der Waals surface area (Å²) < 4.78 is 0. The summed E-state index contributed by atoms with van der Waals surface area (Å²) in [6.45, 7) is 8.15. The van der Waals surface area contributed by atoms with Gasteiger partial charge in [0.25, 0.3) is 0 Å². The van der Waals surface area contributed by atoms with Crippen molar-refractivity contribution in [2.75, 3.05) is 6.54 Å². The van der Waals surface area contributed by atoms with E-state index in [9.17, 15) is 0 Å². The van der Waals surface area contributed by atoms with Crippen LogP contribution in [-0.4, -0.2) is 16.5 Å². The van der Waals surface area contributed by atoms with Crippen molar-refractivity contribution in [1.82, 2.24) is 15.3 Å². The lowest BCUT2D eigenvalue weighted by atomic mass is 9.94. The van der Waals surface area contributed by atoms with Gasteiger partial charge in [-0.25, -0.2) is 9.97 Å². The van der Waals surface area contributed by atoms with Crippen LogP contribution in [0.5, 0.6) is 0 Å². The van der Waals surface area contributed by atoms with Gasteiger partial charge >= 0.3 is 0 Å². The highest BCUT2D eigenvalue weighted by Crippen LogP contribution is 2.52. The van der Waals surface area contributed by atoms with Gasteiger partial charge in [0.15, 0.2) is 0 Å². The third kappa shape index (κ3) is 2.58. The third-order valence-electron chi connectivity index (χ3n) is 4.48. The van der Waals surface area contributed by atoms with Crippen LogP contribution in [0.1, 0.15) is 48.1 Å². The van der Waals surface area contributed by atoms with Crippen LogP contribution < -0.4 is 5.32 Å². The van der Waals surface area contributed by atoms with Gasteiger partial charge in [0.2, 0.25) is 0 Å². The topological polar surface area (TPSA) is 37.8 Å². The molecule has 0 amide bonds. The average molecular weight is 281 g/mol. The van der Waals surface area contributed by atoms with E-state index in [0.717, 1.165) is 43.1 Å². The number of nitrogens with zero attached hydrogens (tertiary/aromatic N) is 2. The first kappa shape index (κ1) is 14.2. The van der Waals surface area contributed by atoms with E-state index < -0.39 is 0 Å². The molecule has 0 aliphatic heterocycles. The molecule has 2 aromatic rings. The number of hydrogen-bond donors (Lipinski definition) is 1. The normalized spacial score (nSPS) is 16.0. The minimum Gasteiger partial charge on any atom is -0.313 e. The quantitative estimate of drug-likeness (QED) is 0.914. The zero-order valence-corrected chi connectivity index (χ0v) is 13.1. The van der Waals surface area contributed by atoms with E-state index in [1.807, 2.05) is 0 Å². The number of aryl methyl sites for hydroxylation is 2. The fourth-order valence-electron chi connectivity index (χ4n) is 2.98. The molecule has 1 aromatic carbocycles. The van der Waals surface area contributed by atoms with E-state index in [1.165, 1.54) is 11.1 Å². The van der Waals surface area contributed by atoms with E-state index in [2.05, 4.69) is 56.4 Å². The predicted molar refractivity (Wildman–Crippen MR) is 85.3 cm³/mol. The van der Waals surface area contributed by atoms with Crippen LogP contribution >= 0.6 is 0 Å². The molecule has 1 fully saturated rings. The van der Waals surface area contributed by atoms with Crippen LogP contribution in [0.3, 0.4) is 0 Å². The van der Waals surface area contributed by atoms with Crippen LogP contribution in [0.4, 0.5) is 0 Å². The van der Waals surface area contributed by atoms with Gasteiger partial charge in [-0.2, -0.15) is 0 Å². The van der Waals surface area contributed by atoms with Gasteiger partial charge in [0.05, 0.1) is 5.41 Å². The van der Waals surface area contributed by atoms with Crippen molar-refractivity contribution in [2.45, 2.75) is 45.6 Å². The summed E-state index contributed by atoms with van der Waals surface area (Å²) in [6, 6.07) is 10.7. The van der Waals surface area contributed by atoms with Crippen LogP contribution in [0.2, 0.25) is 0 Å². The fourth-order valence-corrected chi connectivity index (χ4v) is 2.98. The highest BCUT2D eigenvalue weighted by Gasteiger charge is 2.48. The molecule has 110 valence electrons. The lowest BCUT2D eigenvalue weighted by molar-refractivity contribution is 0.687. The molecule has 0 radical (unpaired) electrons. The van der Waals surface area contributed by atoms with E-state index in [1.54, 1.807) is 0 Å². The molecule has 0 spiro atoms. The lowest BCUT2D eigenvalue weighted by Crippen LogP contribution is -2.19. The fraction of sp³-hybridized carbons (Fsp3) is 0.444. The van der Waals surface area contributed by atoms with Gasteiger partial charge in [-0.3, -0.25) is 0 Å². The maximum atomic E-state index is 4.85. The molecule has 1 aliphatic rings. The van der Waals surface area contributed by atoms with Crippen molar-refractivity contribution < 1.29 is 0 Å². The van der Waals surface area contributed by atoms with Crippen molar-refractivity contribution in [3.8, 4) is 0 Å². The Labute approximate surface area is 126 Å². The molecular weight excluding hydrogens is 258 g/mol. The molecule has 3 rings (SSSR count). The van der Waals surface area contributed by atoms with Crippen molar-refractivity contribution in [3.05, 3.63) is 58.7 Å². The maximum Gasteiger partial charge on any atom is 0.139 e. The van der Waals surface area contributed by atoms with E-state index in [-0.39, 0.29) is 5.41 Å². The van der Waals surface area contributed by atoms with E-state index in [4.69, 9.17) is 9.97 Å². The van der Waals surface area contributed by atoms with Crippen molar-refractivity contribution >= 4 is 0 Å².